The standard InChI is InChI=1S/C12H20N2OS/c1-12(2,3)8-9(11(16)10(8)15)14(4)7-5-6-13/h5-7,13H2,1-4H3. The Morgan fingerprint density at radius 1 is 1.38 bits per heavy atom. The van der Waals surface area contributed by atoms with Gasteiger partial charge in [-0.15, -0.1) is 0 Å². The van der Waals surface area contributed by atoms with Gasteiger partial charge in [-0.2, -0.15) is 0 Å². The fourth-order valence-electron chi connectivity index (χ4n) is 1.88. The van der Waals surface area contributed by atoms with Crippen LogP contribution < -0.4 is 16.1 Å². The van der Waals surface area contributed by atoms with E-state index < -0.39 is 0 Å². The van der Waals surface area contributed by atoms with Gasteiger partial charge in [0, 0.05) is 19.2 Å². The lowest BCUT2D eigenvalue weighted by molar-refractivity contribution is 0.577. The molecule has 0 aliphatic rings. The quantitative estimate of drug-likeness (QED) is 0.814. The summed E-state index contributed by atoms with van der Waals surface area (Å²) >= 11 is 5.12. The number of rotatable bonds is 4. The molecule has 1 aromatic carbocycles. The average molecular weight is 240 g/mol. The lowest BCUT2D eigenvalue weighted by Crippen LogP contribution is -2.35. The molecule has 3 nitrogen and oxygen atoms in total. The molecule has 0 unspecified atom stereocenters. The van der Waals surface area contributed by atoms with E-state index in [0.717, 1.165) is 24.2 Å². The zero-order valence-electron chi connectivity index (χ0n) is 10.5. The molecular weight excluding hydrogens is 220 g/mol. The summed E-state index contributed by atoms with van der Waals surface area (Å²) < 4.78 is 0.476. The Morgan fingerprint density at radius 3 is 2.38 bits per heavy atom. The van der Waals surface area contributed by atoms with Gasteiger partial charge in [0.05, 0.1) is 5.69 Å². The summed E-state index contributed by atoms with van der Waals surface area (Å²) in [4.78, 5) is 13.8. The molecule has 0 fully saturated rings. The molecule has 0 amide bonds. The van der Waals surface area contributed by atoms with Crippen LogP contribution in [0.2, 0.25) is 0 Å². The van der Waals surface area contributed by atoms with Crippen molar-refractivity contribution in [2.24, 2.45) is 5.73 Å². The molecule has 4 heteroatoms. The maximum absolute atomic E-state index is 11.7. The summed E-state index contributed by atoms with van der Waals surface area (Å²) in [6.45, 7) is 7.62. The van der Waals surface area contributed by atoms with Crippen molar-refractivity contribution >= 4 is 17.9 Å². The molecule has 0 radical (unpaired) electrons. The Labute approximate surface area is 102 Å². The van der Waals surface area contributed by atoms with Crippen LogP contribution in [-0.2, 0) is 5.41 Å². The third kappa shape index (κ3) is 2.33. The monoisotopic (exact) mass is 240 g/mol. The van der Waals surface area contributed by atoms with Crippen molar-refractivity contribution in [3.63, 3.8) is 0 Å². The van der Waals surface area contributed by atoms with Crippen molar-refractivity contribution in [1.29, 1.82) is 0 Å². The van der Waals surface area contributed by atoms with E-state index in [2.05, 4.69) is 4.90 Å². The highest BCUT2D eigenvalue weighted by molar-refractivity contribution is 7.71. The lowest BCUT2D eigenvalue weighted by Gasteiger charge is -2.30. The van der Waals surface area contributed by atoms with Gasteiger partial charge >= 0.3 is 0 Å². The van der Waals surface area contributed by atoms with Gasteiger partial charge in [0.25, 0.3) is 0 Å². The van der Waals surface area contributed by atoms with Crippen LogP contribution in [0.15, 0.2) is 4.79 Å². The van der Waals surface area contributed by atoms with E-state index in [9.17, 15) is 4.79 Å². The van der Waals surface area contributed by atoms with Crippen LogP contribution in [0.4, 0.5) is 5.69 Å². The first kappa shape index (κ1) is 13.3. The molecule has 0 atom stereocenters. The molecule has 0 aliphatic carbocycles. The third-order valence-electron chi connectivity index (χ3n) is 2.71. The van der Waals surface area contributed by atoms with Gasteiger partial charge in [-0.05, 0) is 18.4 Å². The second-order valence-electron chi connectivity index (χ2n) is 5.20. The first-order chi connectivity index (χ1) is 7.30. The SMILES string of the molecule is CN(CCCN)c1c(C(C)(C)C)c(=O)c1=S. The summed E-state index contributed by atoms with van der Waals surface area (Å²) in [5, 5.41) is 0. The van der Waals surface area contributed by atoms with Crippen LogP contribution in [0.5, 0.6) is 0 Å². The second kappa shape index (κ2) is 4.63. The highest BCUT2D eigenvalue weighted by Crippen LogP contribution is 2.32. The van der Waals surface area contributed by atoms with E-state index in [1.807, 2.05) is 27.8 Å². The van der Waals surface area contributed by atoms with Gasteiger partial charge < -0.3 is 10.6 Å². The van der Waals surface area contributed by atoms with Crippen LogP contribution >= 0.6 is 12.2 Å². The molecule has 1 rings (SSSR count). The Hall–Kier alpha value is -0.740. The van der Waals surface area contributed by atoms with Gasteiger partial charge in [-0.3, -0.25) is 4.79 Å². The van der Waals surface area contributed by atoms with E-state index in [1.165, 1.54) is 0 Å². The number of hydrogen-bond acceptors (Lipinski definition) is 4. The Morgan fingerprint density at radius 2 is 1.94 bits per heavy atom. The molecule has 0 aliphatic heterocycles. The predicted molar refractivity (Wildman–Crippen MR) is 71.6 cm³/mol. The summed E-state index contributed by atoms with van der Waals surface area (Å²) in [5.41, 5.74) is 7.19. The topological polar surface area (TPSA) is 46.3 Å². The molecule has 0 aromatic heterocycles. The molecule has 1 aromatic rings. The van der Waals surface area contributed by atoms with Crippen molar-refractivity contribution < 1.29 is 0 Å². The summed E-state index contributed by atoms with van der Waals surface area (Å²) in [5.74, 6) is 0. The Bertz CT molecular complexity index is 438. The molecule has 16 heavy (non-hydrogen) atoms. The van der Waals surface area contributed by atoms with E-state index in [4.69, 9.17) is 18.0 Å². The summed E-state index contributed by atoms with van der Waals surface area (Å²) in [7, 11) is 1.97. The second-order valence-corrected chi connectivity index (χ2v) is 5.60. The van der Waals surface area contributed by atoms with Crippen molar-refractivity contribution in [3.05, 3.63) is 20.3 Å². The van der Waals surface area contributed by atoms with Crippen molar-refractivity contribution in [2.45, 2.75) is 32.6 Å². The van der Waals surface area contributed by atoms with Gasteiger partial charge in [0.1, 0.15) is 4.51 Å². The highest BCUT2D eigenvalue weighted by Gasteiger charge is 2.29. The smallest absolute Gasteiger partial charge is 0.204 e. The molecule has 2 N–H and O–H groups in total. The Balaban J connectivity index is 3.02. The van der Waals surface area contributed by atoms with Gasteiger partial charge in [-0.25, -0.2) is 0 Å². The Kier molecular flexibility index (Phi) is 3.86. The average Bonchev–Trinajstić information content (AvgIpc) is 2.18. The lowest BCUT2D eigenvalue weighted by atomic mass is 9.82. The van der Waals surface area contributed by atoms with Crippen LogP contribution in [0.3, 0.4) is 0 Å². The summed E-state index contributed by atoms with van der Waals surface area (Å²) in [6, 6.07) is 0. The van der Waals surface area contributed by atoms with Crippen molar-refractivity contribution in [3.8, 4) is 0 Å². The summed E-state index contributed by atoms with van der Waals surface area (Å²) in [6.07, 6.45) is 0.911. The van der Waals surface area contributed by atoms with Crippen LogP contribution in [0.1, 0.15) is 32.8 Å². The maximum Gasteiger partial charge on any atom is 0.204 e. The molecule has 0 spiro atoms. The van der Waals surface area contributed by atoms with E-state index >= 15 is 0 Å². The van der Waals surface area contributed by atoms with E-state index in [-0.39, 0.29) is 10.8 Å². The van der Waals surface area contributed by atoms with E-state index in [0.29, 0.717) is 11.1 Å². The molecule has 0 bridgehead atoms. The molecule has 90 valence electrons. The normalized spacial score (nSPS) is 12.1. The van der Waals surface area contributed by atoms with Gasteiger partial charge in [0.15, 0.2) is 0 Å². The third-order valence-corrected chi connectivity index (χ3v) is 3.09. The highest BCUT2D eigenvalue weighted by atomic mass is 32.1. The van der Waals surface area contributed by atoms with Crippen molar-refractivity contribution in [1.82, 2.24) is 0 Å². The van der Waals surface area contributed by atoms with Crippen LogP contribution in [-0.4, -0.2) is 20.1 Å². The fourth-order valence-corrected chi connectivity index (χ4v) is 2.24. The number of hydrogen-bond donors (Lipinski definition) is 1. The van der Waals surface area contributed by atoms with Crippen LogP contribution in [0, 0.1) is 4.51 Å². The number of nitrogens with two attached hydrogens (primary N) is 1. The molecular formula is C12H20N2OS. The number of anilines is 1. The zero-order chi connectivity index (χ0) is 12.5. The number of nitrogens with zero attached hydrogens (tertiary/aromatic N) is 1. The first-order valence-corrected chi connectivity index (χ1v) is 5.96. The van der Waals surface area contributed by atoms with Gasteiger partial charge in [-0.1, -0.05) is 33.0 Å². The zero-order valence-corrected chi connectivity index (χ0v) is 11.3. The minimum Gasteiger partial charge on any atom is -0.373 e. The minimum absolute atomic E-state index is 0.0390. The molecule has 0 saturated heterocycles. The molecule has 0 heterocycles. The minimum atomic E-state index is -0.133. The fraction of sp³-hybridized carbons (Fsp3) is 0.667. The molecule has 0 saturated carbocycles. The largest absolute Gasteiger partial charge is 0.373 e. The van der Waals surface area contributed by atoms with E-state index in [1.54, 1.807) is 0 Å². The van der Waals surface area contributed by atoms with Gasteiger partial charge in [0.2, 0.25) is 5.43 Å². The first-order valence-electron chi connectivity index (χ1n) is 5.55. The van der Waals surface area contributed by atoms with Crippen LogP contribution in [0.25, 0.3) is 0 Å². The predicted octanol–water partition coefficient (Wildman–Crippen LogP) is 1.73. The van der Waals surface area contributed by atoms with Crippen molar-refractivity contribution in [2.75, 3.05) is 25.0 Å². The maximum atomic E-state index is 11.7.